The Morgan fingerprint density at radius 1 is 1.32 bits per heavy atom. The summed E-state index contributed by atoms with van der Waals surface area (Å²) in [6.07, 6.45) is 0.205. The first-order chi connectivity index (χ1) is 8.90. The van der Waals surface area contributed by atoms with Crippen LogP contribution in [0.5, 0.6) is 0 Å². The van der Waals surface area contributed by atoms with E-state index in [0.717, 1.165) is 5.56 Å². The van der Waals surface area contributed by atoms with Gasteiger partial charge in [-0.25, -0.2) is 4.79 Å². The molecular formula is C15H23NO3. The molecule has 0 radical (unpaired) electrons. The SMILES string of the molecule is CC(C)(C)C[C@@H](CO)NC(=O)OCc1ccccc1. The first-order valence-electron chi connectivity index (χ1n) is 6.49. The summed E-state index contributed by atoms with van der Waals surface area (Å²) in [5.74, 6) is 0. The van der Waals surface area contributed by atoms with Crippen LogP contribution in [-0.4, -0.2) is 23.8 Å². The van der Waals surface area contributed by atoms with E-state index in [1.807, 2.05) is 30.3 Å². The fraction of sp³-hybridized carbons (Fsp3) is 0.533. The highest BCUT2D eigenvalue weighted by molar-refractivity contribution is 5.67. The Labute approximate surface area is 114 Å². The number of hydrogen-bond acceptors (Lipinski definition) is 3. The van der Waals surface area contributed by atoms with Gasteiger partial charge in [0.2, 0.25) is 0 Å². The van der Waals surface area contributed by atoms with Crippen molar-refractivity contribution in [3.8, 4) is 0 Å². The summed E-state index contributed by atoms with van der Waals surface area (Å²) < 4.78 is 5.11. The first-order valence-corrected chi connectivity index (χ1v) is 6.49. The molecule has 19 heavy (non-hydrogen) atoms. The summed E-state index contributed by atoms with van der Waals surface area (Å²) in [5, 5.41) is 11.9. The second-order valence-electron chi connectivity index (χ2n) is 5.85. The first kappa shape index (κ1) is 15.5. The predicted molar refractivity (Wildman–Crippen MR) is 74.7 cm³/mol. The van der Waals surface area contributed by atoms with Crippen molar-refractivity contribution in [2.45, 2.75) is 39.8 Å². The number of carbonyl (C=O) groups is 1. The Morgan fingerprint density at radius 3 is 2.47 bits per heavy atom. The van der Waals surface area contributed by atoms with Gasteiger partial charge in [0, 0.05) is 0 Å². The van der Waals surface area contributed by atoms with Crippen molar-refractivity contribution >= 4 is 6.09 Å². The van der Waals surface area contributed by atoms with Gasteiger partial charge in [-0.15, -0.1) is 0 Å². The molecule has 0 aliphatic heterocycles. The predicted octanol–water partition coefficient (Wildman–Crippen LogP) is 2.71. The third-order valence-electron chi connectivity index (χ3n) is 2.61. The Kier molecular flexibility index (Phi) is 5.83. The van der Waals surface area contributed by atoms with E-state index in [9.17, 15) is 9.90 Å². The zero-order chi connectivity index (χ0) is 14.3. The number of amides is 1. The van der Waals surface area contributed by atoms with E-state index in [1.165, 1.54) is 0 Å². The summed E-state index contributed by atoms with van der Waals surface area (Å²) in [5.41, 5.74) is 0.981. The van der Waals surface area contributed by atoms with Gasteiger partial charge in [-0.3, -0.25) is 0 Å². The molecule has 1 rings (SSSR count). The maximum Gasteiger partial charge on any atom is 0.407 e. The minimum absolute atomic E-state index is 0.0418. The topological polar surface area (TPSA) is 58.6 Å². The number of benzene rings is 1. The molecule has 0 unspecified atom stereocenters. The molecule has 1 aromatic rings. The van der Waals surface area contributed by atoms with Crippen molar-refractivity contribution in [2.75, 3.05) is 6.61 Å². The van der Waals surface area contributed by atoms with E-state index < -0.39 is 6.09 Å². The normalized spacial score (nSPS) is 12.8. The molecule has 1 amide bonds. The standard InChI is InChI=1S/C15H23NO3/c1-15(2,3)9-13(10-17)16-14(18)19-11-12-7-5-4-6-8-12/h4-8,13,17H,9-11H2,1-3H3,(H,16,18)/t13-/m0/s1. The quantitative estimate of drug-likeness (QED) is 0.860. The second-order valence-corrected chi connectivity index (χ2v) is 5.85. The summed E-state index contributed by atoms with van der Waals surface area (Å²) in [7, 11) is 0. The maximum absolute atomic E-state index is 11.6. The lowest BCUT2D eigenvalue weighted by Gasteiger charge is -2.25. The van der Waals surface area contributed by atoms with Gasteiger partial charge in [0.05, 0.1) is 12.6 Å². The van der Waals surface area contributed by atoms with Crippen LogP contribution < -0.4 is 5.32 Å². The van der Waals surface area contributed by atoms with Gasteiger partial charge in [-0.2, -0.15) is 0 Å². The molecule has 4 nitrogen and oxygen atoms in total. The van der Waals surface area contributed by atoms with Crippen LogP contribution in [0.2, 0.25) is 0 Å². The Morgan fingerprint density at radius 2 is 1.95 bits per heavy atom. The van der Waals surface area contributed by atoms with E-state index in [0.29, 0.717) is 6.42 Å². The molecule has 2 N–H and O–H groups in total. The third kappa shape index (κ3) is 6.82. The van der Waals surface area contributed by atoms with Gasteiger partial charge in [0.1, 0.15) is 6.61 Å². The highest BCUT2D eigenvalue weighted by Crippen LogP contribution is 2.20. The van der Waals surface area contributed by atoms with Crippen molar-refractivity contribution < 1.29 is 14.6 Å². The molecule has 106 valence electrons. The van der Waals surface area contributed by atoms with Gasteiger partial charge >= 0.3 is 6.09 Å². The summed E-state index contributed by atoms with van der Waals surface area (Å²) in [4.78, 5) is 11.6. The zero-order valence-corrected chi connectivity index (χ0v) is 11.8. The van der Waals surface area contributed by atoms with Crippen LogP contribution >= 0.6 is 0 Å². The third-order valence-corrected chi connectivity index (χ3v) is 2.61. The average Bonchev–Trinajstić information content (AvgIpc) is 2.35. The fourth-order valence-corrected chi connectivity index (χ4v) is 1.83. The van der Waals surface area contributed by atoms with E-state index in [4.69, 9.17) is 4.74 Å². The maximum atomic E-state index is 11.6. The van der Waals surface area contributed by atoms with Crippen LogP contribution in [0, 0.1) is 5.41 Å². The van der Waals surface area contributed by atoms with Crippen molar-refractivity contribution in [3.63, 3.8) is 0 Å². The highest BCUT2D eigenvalue weighted by atomic mass is 16.5. The molecule has 0 saturated carbocycles. The molecule has 0 aliphatic rings. The Balaban J connectivity index is 2.37. The smallest absolute Gasteiger partial charge is 0.407 e. The molecule has 0 aliphatic carbocycles. The number of hydrogen-bond donors (Lipinski definition) is 2. The lowest BCUT2D eigenvalue weighted by molar-refractivity contribution is 0.123. The van der Waals surface area contributed by atoms with Crippen LogP contribution in [0.1, 0.15) is 32.8 Å². The zero-order valence-electron chi connectivity index (χ0n) is 11.8. The summed E-state index contributed by atoms with van der Waals surface area (Å²) in [6.45, 7) is 6.34. The highest BCUT2D eigenvalue weighted by Gasteiger charge is 2.20. The van der Waals surface area contributed by atoms with Gasteiger partial charge < -0.3 is 15.2 Å². The summed E-state index contributed by atoms with van der Waals surface area (Å²) >= 11 is 0. The monoisotopic (exact) mass is 265 g/mol. The largest absolute Gasteiger partial charge is 0.445 e. The molecule has 1 aromatic carbocycles. The van der Waals surface area contributed by atoms with Crippen LogP contribution in [0.4, 0.5) is 4.79 Å². The lowest BCUT2D eigenvalue weighted by Crippen LogP contribution is -2.40. The molecule has 4 heteroatoms. The van der Waals surface area contributed by atoms with E-state index >= 15 is 0 Å². The molecule has 0 spiro atoms. The molecule has 0 bridgehead atoms. The minimum atomic E-state index is -0.493. The number of carbonyl (C=O) groups excluding carboxylic acids is 1. The van der Waals surface area contributed by atoms with E-state index in [2.05, 4.69) is 26.1 Å². The molecule has 0 saturated heterocycles. The van der Waals surface area contributed by atoms with Crippen molar-refractivity contribution in [2.24, 2.45) is 5.41 Å². The number of nitrogens with one attached hydrogen (secondary N) is 1. The number of aliphatic hydroxyl groups excluding tert-OH is 1. The van der Waals surface area contributed by atoms with Crippen molar-refractivity contribution in [1.82, 2.24) is 5.32 Å². The number of rotatable bonds is 5. The Hall–Kier alpha value is -1.55. The number of ether oxygens (including phenoxy) is 1. The number of aliphatic hydroxyl groups is 1. The van der Waals surface area contributed by atoms with Crippen molar-refractivity contribution in [1.29, 1.82) is 0 Å². The van der Waals surface area contributed by atoms with Crippen LogP contribution in [0.25, 0.3) is 0 Å². The molecule has 1 atom stereocenters. The molecule has 0 aromatic heterocycles. The second kappa shape index (κ2) is 7.14. The van der Waals surface area contributed by atoms with Gasteiger partial charge in [0.15, 0.2) is 0 Å². The van der Waals surface area contributed by atoms with Crippen molar-refractivity contribution in [3.05, 3.63) is 35.9 Å². The van der Waals surface area contributed by atoms with Crippen LogP contribution in [-0.2, 0) is 11.3 Å². The number of alkyl carbamates (subject to hydrolysis) is 1. The minimum Gasteiger partial charge on any atom is -0.445 e. The van der Waals surface area contributed by atoms with Gasteiger partial charge in [0.25, 0.3) is 0 Å². The summed E-state index contributed by atoms with van der Waals surface area (Å²) in [6, 6.07) is 9.22. The van der Waals surface area contributed by atoms with Gasteiger partial charge in [-0.1, -0.05) is 51.1 Å². The van der Waals surface area contributed by atoms with E-state index in [-0.39, 0.29) is 24.7 Å². The van der Waals surface area contributed by atoms with Crippen LogP contribution in [0.15, 0.2) is 30.3 Å². The molecule has 0 fully saturated rings. The molecular weight excluding hydrogens is 242 g/mol. The van der Waals surface area contributed by atoms with Crippen LogP contribution in [0.3, 0.4) is 0 Å². The molecule has 0 heterocycles. The fourth-order valence-electron chi connectivity index (χ4n) is 1.83. The average molecular weight is 265 g/mol. The lowest BCUT2D eigenvalue weighted by atomic mass is 9.88. The Bertz CT molecular complexity index is 384. The van der Waals surface area contributed by atoms with Gasteiger partial charge in [-0.05, 0) is 17.4 Å². The van der Waals surface area contributed by atoms with E-state index in [1.54, 1.807) is 0 Å².